The second-order valence-corrected chi connectivity index (χ2v) is 3.67. The lowest BCUT2D eigenvalue weighted by molar-refractivity contribution is 0.0935. The molecule has 4 nitrogen and oxygen atoms in total. The average molecular weight is 177 g/mol. The Bertz CT molecular complexity index is 376. The highest BCUT2D eigenvalue weighted by atomic mass is 16.1. The van der Waals surface area contributed by atoms with E-state index in [2.05, 4.69) is 15.3 Å². The van der Waals surface area contributed by atoms with Gasteiger partial charge in [0.25, 0.3) is 5.91 Å². The molecule has 1 aliphatic heterocycles. The number of nitrogens with zero attached hydrogens (tertiary/aromatic N) is 1. The van der Waals surface area contributed by atoms with Gasteiger partial charge >= 0.3 is 0 Å². The van der Waals surface area contributed by atoms with Crippen molar-refractivity contribution in [1.82, 2.24) is 10.3 Å². The lowest BCUT2D eigenvalue weighted by Crippen LogP contribution is -2.43. The second-order valence-electron chi connectivity index (χ2n) is 3.67. The van der Waals surface area contributed by atoms with Crippen molar-refractivity contribution in [3.05, 3.63) is 17.8 Å². The molecule has 0 saturated heterocycles. The fourth-order valence-electron chi connectivity index (χ4n) is 1.27. The van der Waals surface area contributed by atoms with Crippen molar-refractivity contribution >= 4 is 17.9 Å². The molecule has 0 aliphatic carbocycles. The van der Waals surface area contributed by atoms with E-state index in [0.29, 0.717) is 11.4 Å². The molecule has 0 radical (unpaired) electrons. The van der Waals surface area contributed by atoms with Crippen LogP contribution < -0.4 is 5.32 Å². The number of hydrogen-bond acceptors (Lipinski definition) is 2. The van der Waals surface area contributed by atoms with Gasteiger partial charge in [-0.25, -0.2) is 4.99 Å². The fourth-order valence-corrected chi connectivity index (χ4v) is 1.27. The summed E-state index contributed by atoms with van der Waals surface area (Å²) in [6.07, 6.45) is 3.44. The first-order valence-electron chi connectivity index (χ1n) is 4.14. The molecule has 0 aromatic carbocycles. The molecule has 0 spiro atoms. The van der Waals surface area contributed by atoms with Crippen molar-refractivity contribution in [1.29, 1.82) is 0 Å². The van der Waals surface area contributed by atoms with Crippen LogP contribution in [0.5, 0.6) is 0 Å². The van der Waals surface area contributed by atoms with Crippen molar-refractivity contribution in [2.45, 2.75) is 19.4 Å². The summed E-state index contributed by atoms with van der Waals surface area (Å²) in [6.45, 7) is 3.81. The maximum atomic E-state index is 11.6. The molecule has 1 aromatic heterocycles. The SMILES string of the molecule is CC1(C)C=Nc2[nH]ccc2C(=O)N1. The molecule has 0 fully saturated rings. The highest BCUT2D eigenvalue weighted by Crippen LogP contribution is 2.20. The van der Waals surface area contributed by atoms with E-state index in [4.69, 9.17) is 0 Å². The Kier molecular flexibility index (Phi) is 1.52. The minimum atomic E-state index is -0.378. The third-order valence-corrected chi connectivity index (χ3v) is 1.92. The summed E-state index contributed by atoms with van der Waals surface area (Å²) in [6, 6.07) is 1.73. The van der Waals surface area contributed by atoms with E-state index in [1.807, 2.05) is 13.8 Å². The number of nitrogens with one attached hydrogen (secondary N) is 2. The summed E-state index contributed by atoms with van der Waals surface area (Å²) in [7, 11) is 0. The van der Waals surface area contributed by atoms with E-state index in [1.54, 1.807) is 18.5 Å². The molecule has 0 bridgehead atoms. The van der Waals surface area contributed by atoms with Gasteiger partial charge in [-0.3, -0.25) is 4.79 Å². The minimum absolute atomic E-state index is 0.0845. The molecule has 13 heavy (non-hydrogen) atoms. The van der Waals surface area contributed by atoms with Crippen LogP contribution >= 0.6 is 0 Å². The molecule has 2 N–H and O–H groups in total. The standard InChI is InChI=1S/C9H11N3O/c1-9(2)5-11-7-6(3-4-10-7)8(13)12-9/h3-5,10H,1-2H3,(H,12,13). The molecule has 2 heterocycles. The number of amides is 1. The Morgan fingerprint density at radius 1 is 1.46 bits per heavy atom. The number of fused-ring (bicyclic) bond motifs is 1. The summed E-state index contributed by atoms with van der Waals surface area (Å²) in [5.41, 5.74) is 0.221. The molecule has 1 aliphatic rings. The minimum Gasteiger partial charge on any atom is -0.346 e. The summed E-state index contributed by atoms with van der Waals surface area (Å²) in [5, 5.41) is 2.85. The van der Waals surface area contributed by atoms with Crippen molar-refractivity contribution in [3.8, 4) is 0 Å². The third-order valence-electron chi connectivity index (χ3n) is 1.92. The Hall–Kier alpha value is -1.58. The Labute approximate surface area is 76.1 Å². The van der Waals surface area contributed by atoms with Gasteiger partial charge in [-0.1, -0.05) is 0 Å². The second kappa shape index (κ2) is 2.45. The average Bonchev–Trinajstić information content (AvgIpc) is 2.43. The van der Waals surface area contributed by atoms with Crippen molar-refractivity contribution in [3.63, 3.8) is 0 Å². The van der Waals surface area contributed by atoms with Gasteiger partial charge in [0.2, 0.25) is 0 Å². The molecule has 0 saturated carbocycles. The highest BCUT2D eigenvalue weighted by Gasteiger charge is 2.24. The highest BCUT2D eigenvalue weighted by molar-refractivity contribution is 6.02. The van der Waals surface area contributed by atoms with Crippen LogP contribution in [0.4, 0.5) is 5.82 Å². The van der Waals surface area contributed by atoms with E-state index in [0.717, 1.165) is 0 Å². The maximum absolute atomic E-state index is 11.6. The van der Waals surface area contributed by atoms with Gasteiger partial charge in [-0.2, -0.15) is 0 Å². The molecule has 4 heteroatoms. The lowest BCUT2D eigenvalue weighted by atomic mass is 10.1. The topological polar surface area (TPSA) is 57.2 Å². The number of rotatable bonds is 0. The Morgan fingerprint density at radius 2 is 2.23 bits per heavy atom. The van der Waals surface area contributed by atoms with E-state index < -0.39 is 0 Å². The zero-order valence-electron chi connectivity index (χ0n) is 7.59. The predicted octanol–water partition coefficient (Wildman–Crippen LogP) is 1.24. The summed E-state index contributed by atoms with van der Waals surface area (Å²) in [4.78, 5) is 18.7. The largest absolute Gasteiger partial charge is 0.346 e. The van der Waals surface area contributed by atoms with Crippen molar-refractivity contribution in [2.24, 2.45) is 4.99 Å². The predicted molar refractivity (Wildman–Crippen MR) is 50.5 cm³/mol. The quantitative estimate of drug-likeness (QED) is 0.615. The summed E-state index contributed by atoms with van der Waals surface area (Å²) in [5.74, 6) is 0.543. The number of carbonyl (C=O) groups excluding carboxylic acids is 1. The van der Waals surface area contributed by atoms with Gasteiger partial charge in [0, 0.05) is 12.4 Å². The number of H-pyrrole nitrogens is 1. The van der Waals surface area contributed by atoms with Crippen LogP contribution in [0.2, 0.25) is 0 Å². The first-order valence-corrected chi connectivity index (χ1v) is 4.14. The zero-order chi connectivity index (χ0) is 9.47. The smallest absolute Gasteiger partial charge is 0.255 e. The summed E-state index contributed by atoms with van der Waals surface area (Å²) >= 11 is 0. The van der Waals surface area contributed by atoms with Gasteiger partial charge in [0.1, 0.15) is 5.82 Å². The van der Waals surface area contributed by atoms with Crippen LogP contribution in [0.1, 0.15) is 24.2 Å². The zero-order valence-corrected chi connectivity index (χ0v) is 7.59. The normalized spacial score (nSPS) is 19.1. The molecular formula is C9H11N3O. The van der Waals surface area contributed by atoms with E-state index in [9.17, 15) is 4.79 Å². The molecule has 68 valence electrons. The van der Waals surface area contributed by atoms with Crippen LogP contribution in [-0.2, 0) is 0 Å². The van der Waals surface area contributed by atoms with Crippen LogP contribution in [0.25, 0.3) is 0 Å². The van der Waals surface area contributed by atoms with E-state index >= 15 is 0 Å². The number of aromatic amines is 1. The van der Waals surface area contributed by atoms with Crippen LogP contribution in [0, 0.1) is 0 Å². The Morgan fingerprint density at radius 3 is 3.00 bits per heavy atom. The van der Waals surface area contributed by atoms with Crippen molar-refractivity contribution in [2.75, 3.05) is 0 Å². The van der Waals surface area contributed by atoms with Crippen LogP contribution in [0.3, 0.4) is 0 Å². The van der Waals surface area contributed by atoms with Gasteiger partial charge in [0.15, 0.2) is 0 Å². The van der Waals surface area contributed by atoms with Crippen molar-refractivity contribution < 1.29 is 4.79 Å². The fraction of sp³-hybridized carbons (Fsp3) is 0.333. The molecule has 1 aromatic rings. The number of hydrogen-bond donors (Lipinski definition) is 2. The van der Waals surface area contributed by atoms with Crippen LogP contribution in [0.15, 0.2) is 17.3 Å². The first-order chi connectivity index (χ1) is 6.08. The molecule has 0 unspecified atom stereocenters. The van der Waals surface area contributed by atoms with Gasteiger partial charge in [-0.05, 0) is 19.9 Å². The number of aromatic nitrogens is 1. The van der Waals surface area contributed by atoms with Gasteiger partial charge in [0.05, 0.1) is 11.1 Å². The maximum Gasteiger partial charge on any atom is 0.255 e. The van der Waals surface area contributed by atoms with Crippen LogP contribution in [-0.4, -0.2) is 22.6 Å². The molecular weight excluding hydrogens is 166 g/mol. The van der Waals surface area contributed by atoms with E-state index in [1.165, 1.54) is 0 Å². The lowest BCUT2D eigenvalue weighted by Gasteiger charge is -2.18. The monoisotopic (exact) mass is 177 g/mol. The molecule has 0 atom stereocenters. The van der Waals surface area contributed by atoms with Gasteiger partial charge in [-0.15, -0.1) is 0 Å². The van der Waals surface area contributed by atoms with E-state index in [-0.39, 0.29) is 11.4 Å². The Balaban J connectivity index is 2.49. The van der Waals surface area contributed by atoms with Gasteiger partial charge < -0.3 is 10.3 Å². The molecule has 1 amide bonds. The first kappa shape index (κ1) is 8.04. The number of aliphatic imine (C=N–C) groups is 1. The number of carbonyl (C=O) groups is 1. The third kappa shape index (κ3) is 1.35. The summed E-state index contributed by atoms with van der Waals surface area (Å²) < 4.78 is 0. The molecule has 2 rings (SSSR count).